The molecular weight excluding hydrogens is 240 g/mol. The minimum Gasteiger partial charge on any atom is -0.481 e. The predicted octanol–water partition coefficient (Wildman–Crippen LogP) is 1.80. The maximum absolute atomic E-state index is 11.1. The third-order valence-corrected chi connectivity index (χ3v) is 4.06. The molecule has 100 valence electrons. The SMILES string of the molecule is CN[C@@H]1CCc2c(CC(=O)O)c3ccccc3n2C1. The number of likely N-dealkylation sites (N-methyl/N-ethyl adjacent to an activating group) is 1. The molecule has 1 atom stereocenters. The van der Waals surface area contributed by atoms with E-state index in [0.717, 1.165) is 35.9 Å². The summed E-state index contributed by atoms with van der Waals surface area (Å²) in [7, 11) is 1.99. The molecule has 2 N–H and O–H groups in total. The minimum atomic E-state index is -0.755. The topological polar surface area (TPSA) is 54.3 Å². The Balaban J connectivity index is 2.18. The van der Waals surface area contributed by atoms with Gasteiger partial charge in [0, 0.05) is 29.2 Å². The van der Waals surface area contributed by atoms with Crippen LogP contribution in [0.5, 0.6) is 0 Å². The van der Waals surface area contributed by atoms with Crippen LogP contribution in [0, 0.1) is 0 Å². The van der Waals surface area contributed by atoms with E-state index < -0.39 is 5.97 Å². The monoisotopic (exact) mass is 258 g/mol. The molecule has 3 rings (SSSR count). The largest absolute Gasteiger partial charge is 0.481 e. The molecule has 0 saturated carbocycles. The number of hydrogen-bond acceptors (Lipinski definition) is 2. The van der Waals surface area contributed by atoms with Crippen molar-refractivity contribution < 1.29 is 9.90 Å². The molecule has 0 amide bonds. The predicted molar refractivity (Wildman–Crippen MR) is 74.4 cm³/mol. The van der Waals surface area contributed by atoms with E-state index in [9.17, 15) is 4.79 Å². The average molecular weight is 258 g/mol. The van der Waals surface area contributed by atoms with Crippen LogP contribution in [0.1, 0.15) is 17.7 Å². The molecule has 2 aromatic rings. The number of aliphatic carboxylic acids is 1. The number of rotatable bonds is 3. The molecule has 4 heteroatoms. The van der Waals surface area contributed by atoms with Gasteiger partial charge in [-0.15, -0.1) is 0 Å². The summed E-state index contributed by atoms with van der Waals surface area (Å²) < 4.78 is 2.29. The molecule has 4 nitrogen and oxygen atoms in total. The first-order valence-corrected chi connectivity index (χ1v) is 6.68. The lowest BCUT2D eigenvalue weighted by molar-refractivity contribution is -0.136. The Labute approximate surface area is 112 Å². The van der Waals surface area contributed by atoms with Crippen molar-refractivity contribution in [2.75, 3.05) is 7.05 Å². The number of nitrogens with zero attached hydrogens (tertiary/aromatic N) is 1. The first-order valence-electron chi connectivity index (χ1n) is 6.68. The molecule has 0 unspecified atom stereocenters. The van der Waals surface area contributed by atoms with Gasteiger partial charge in [0.15, 0.2) is 0 Å². The second kappa shape index (κ2) is 4.70. The lowest BCUT2D eigenvalue weighted by Crippen LogP contribution is -2.35. The quantitative estimate of drug-likeness (QED) is 0.882. The molecule has 0 aliphatic carbocycles. The van der Waals surface area contributed by atoms with Crippen molar-refractivity contribution in [3.05, 3.63) is 35.5 Å². The van der Waals surface area contributed by atoms with Crippen LogP contribution in [-0.4, -0.2) is 28.7 Å². The van der Waals surface area contributed by atoms with E-state index in [0.29, 0.717) is 6.04 Å². The molecule has 19 heavy (non-hydrogen) atoms. The number of hydrogen-bond donors (Lipinski definition) is 2. The van der Waals surface area contributed by atoms with Crippen molar-refractivity contribution in [3.8, 4) is 0 Å². The second-order valence-electron chi connectivity index (χ2n) is 5.15. The van der Waals surface area contributed by atoms with E-state index >= 15 is 0 Å². The van der Waals surface area contributed by atoms with E-state index in [1.807, 2.05) is 25.2 Å². The van der Waals surface area contributed by atoms with Crippen LogP contribution in [0.3, 0.4) is 0 Å². The second-order valence-corrected chi connectivity index (χ2v) is 5.15. The first kappa shape index (κ1) is 12.2. The van der Waals surface area contributed by atoms with Crippen molar-refractivity contribution in [1.82, 2.24) is 9.88 Å². The zero-order valence-corrected chi connectivity index (χ0v) is 11.0. The van der Waals surface area contributed by atoms with E-state index in [2.05, 4.69) is 16.0 Å². The summed E-state index contributed by atoms with van der Waals surface area (Å²) in [4.78, 5) is 11.1. The van der Waals surface area contributed by atoms with E-state index in [-0.39, 0.29) is 6.42 Å². The Morgan fingerprint density at radius 2 is 2.26 bits per heavy atom. The molecular formula is C15H18N2O2. The Morgan fingerprint density at radius 3 is 3.00 bits per heavy atom. The number of benzene rings is 1. The van der Waals surface area contributed by atoms with E-state index in [4.69, 9.17) is 5.11 Å². The van der Waals surface area contributed by atoms with Crippen molar-refractivity contribution in [2.24, 2.45) is 0 Å². The summed E-state index contributed by atoms with van der Waals surface area (Å²) in [5.41, 5.74) is 3.36. The fourth-order valence-electron chi connectivity index (χ4n) is 3.13. The van der Waals surface area contributed by atoms with Gasteiger partial charge in [-0.3, -0.25) is 4.79 Å². The van der Waals surface area contributed by atoms with Crippen molar-refractivity contribution in [1.29, 1.82) is 0 Å². The Bertz CT molecular complexity index is 630. The van der Waals surface area contributed by atoms with Crippen LogP contribution in [0.4, 0.5) is 0 Å². The smallest absolute Gasteiger partial charge is 0.307 e. The molecule has 1 aliphatic rings. The number of carboxylic acids is 1. The molecule has 0 spiro atoms. The van der Waals surface area contributed by atoms with Gasteiger partial charge in [0.1, 0.15) is 0 Å². The summed E-state index contributed by atoms with van der Waals surface area (Å²) in [5.74, 6) is -0.755. The molecule has 0 radical (unpaired) electrons. The third kappa shape index (κ3) is 2.02. The highest BCUT2D eigenvalue weighted by Crippen LogP contribution is 2.31. The van der Waals surface area contributed by atoms with Crippen molar-refractivity contribution in [3.63, 3.8) is 0 Å². The van der Waals surface area contributed by atoms with Gasteiger partial charge in [-0.1, -0.05) is 18.2 Å². The van der Waals surface area contributed by atoms with Crippen LogP contribution in [0.25, 0.3) is 10.9 Å². The summed E-state index contributed by atoms with van der Waals surface area (Å²) >= 11 is 0. The number of para-hydroxylation sites is 1. The summed E-state index contributed by atoms with van der Waals surface area (Å²) in [6, 6.07) is 8.59. The van der Waals surface area contributed by atoms with Gasteiger partial charge >= 0.3 is 5.97 Å². The molecule has 1 aromatic carbocycles. The van der Waals surface area contributed by atoms with Gasteiger partial charge in [-0.05, 0) is 31.5 Å². The number of carbonyl (C=O) groups is 1. The van der Waals surface area contributed by atoms with Crippen LogP contribution in [-0.2, 0) is 24.2 Å². The molecule has 0 fully saturated rings. The number of nitrogens with one attached hydrogen (secondary N) is 1. The van der Waals surface area contributed by atoms with E-state index in [1.54, 1.807) is 0 Å². The van der Waals surface area contributed by atoms with Gasteiger partial charge in [0.05, 0.1) is 6.42 Å². The Morgan fingerprint density at radius 1 is 1.47 bits per heavy atom. The molecule has 1 aliphatic heterocycles. The third-order valence-electron chi connectivity index (χ3n) is 4.06. The minimum absolute atomic E-state index is 0.118. The highest BCUT2D eigenvalue weighted by atomic mass is 16.4. The molecule has 2 heterocycles. The maximum Gasteiger partial charge on any atom is 0.307 e. The number of fused-ring (bicyclic) bond motifs is 3. The maximum atomic E-state index is 11.1. The summed E-state index contributed by atoms with van der Waals surface area (Å²) in [6.07, 6.45) is 2.13. The van der Waals surface area contributed by atoms with Gasteiger partial charge < -0.3 is 15.0 Å². The number of carboxylic acid groups (broad SMARTS) is 1. The van der Waals surface area contributed by atoms with E-state index in [1.165, 1.54) is 5.69 Å². The highest BCUT2D eigenvalue weighted by molar-refractivity contribution is 5.89. The Hall–Kier alpha value is -1.81. The van der Waals surface area contributed by atoms with Crippen molar-refractivity contribution in [2.45, 2.75) is 31.8 Å². The van der Waals surface area contributed by atoms with Gasteiger partial charge in [0.25, 0.3) is 0 Å². The molecule has 0 saturated heterocycles. The fraction of sp³-hybridized carbons (Fsp3) is 0.400. The summed E-state index contributed by atoms with van der Waals surface area (Å²) in [6.45, 7) is 0.923. The normalized spacial score (nSPS) is 18.5. The van der Waals surface area contributed by atoms with Crippen LogP contribution >= 0.6 is 0 Å². The fourth-order valence-corrected chi connectivity index (χ4v) is 3.13. The zero-order chi connectivity index (χ0) is 13.4. The molecule has 1 aromatic heterocycles. The highest BCUT2D eigenvalue weighted by Gasteiger charge is 2.24. The van der Waals surface area contributed by atoms with Crippen LogP contribution < -0.4 is 5.32 Å². The Kier molecular flexibility index (Phi) is 3.03. The van der Waals surface area contributed by atoms with Crippen LogP contribution in [0.2, 0.25) is 0 Å². The lowest BCUT2D eigenvalue weighted by Gasteiger charge is -2.25. The average Bonchev–Trinajstić information content (AvgIpc) is 2.73. The van der Waals surface area contributed by atoms with Gasteiger partial charge in [-0.2, -0.15) is 0 Å². The van der Waals surface area contributed by atoms with Crippen LogP contribution in [0.15, 0.2) is 24.3 Å². The molecule has 0 bridgehead atoms. The standard InChI is InChI=1S/C15H18N2O2/c1-16-10-6-7-14-12(8-15(18)19)11-4-2-3-5-13(11)17(14)9-10/h2-5,10,16H,6-9H2,1H3,(H,18,19)/t10-/m1/s1. The van der Waals surface area contributed by atoms with Gasteiger partial charge in [-0.25, -0.2) is 0 Å². The summed E-state index contributed by atoms with van der Waals surface area (Å²) in [5, 5.41) is 13.5. The van der Waals surface area contributed by atoms with Gasteiger partial charge in [0.2, 0.25) is 0 Å². The lowest BCUT2D eigenvalue weighted by atomic mass is 10.0. The number of aromatic nitrogens is 1. The van der Waals surface area contributed by atoms with Crippen molar-refractivity contribution >= 4 is 16.9 Å². The first-order chi connectivity index (χ1) is 9.20. The zero-order valence-electron chi connectivity index (χ0n) is 11.0.